The second-order valence-corrected chi connectivity index (χ2v) is 14.5. The van der Waals surface area contributed by atoms with Gasteiger partial charge in [0.25, 0.3) is 17.9 Å². The number of benzene rings is 2. The van der Waals surface area contributed by atoms with Gasteiger partial charge in [0.1, 0.15) is 24.7 Å². The van der Waals surface area contributed by atoms with Crippen LogP contribution in [0.3, 0.4) is 0 Å². The van der Waals surface area contributed by atoms with E-state index in [9.17, 15) is 14.4 Å². The predicted molar refractivity (Wildman–Crippen MR) is 243 cm³/mol. The lowest BCUT2D eigenvalue weighted by molar-refractivity contribution is -0.129. The first-order valence-corrected chi connectivity index (χ1v) is 22.1. The zero-order valence-corrected chi connectivity index (χ0v) is 38.1. The Morgan fingerprint density at radius 2 is 1.46 bits per heavy atom. The standard InChI is InChI=1S/C46H60N4O11.C2H6/c1-6-14-54-15-16-55-17-18-56-19-20-57-21-22-58-23-24-60-35-11-9-10-34(25-35)33(5)48-49-44(52)30-61-36-12-13-42-39(26-36)37(8-3)40-28-50-43(45(40)47-42)27-38(32(4)7-2)41(46(50)53)29-59-31-51;1-2/h9-13,25-27,31-32H,6-8,14-24,28-30H2,1-5H3,(H,49,52);1-2H3/b48-33+;. The molecule has 1 N–H and O–H groups in total. The van der Waals surface area contributed by atoms with Crippen molar-refractivity contribution in [3.63, 3.8) is 0 Å². The van der Waals surface area contributed by atoms with Crippen molar-refractivity contribution >= 4 is 29.0 Å². The van der Waals surface area contributed by atoms with Crippen LogP contribution < -0.4 is 20.5 Å². The van der Waals surface area contributed by atoms with Crippen LogP contribution in [0.4, 0.5) is 0 Å². The molecule has 0 spiro atoms. The highest BCUT2D eigenvalue weighted by Crippen LogP contribution is 2.38. The van der Waals surface area contributed by atoms with E-state index in [1.165, 1.54) is 0 Å². The molecule has 0 saturated heterocycles. The van der Waals surface area contributed by atoms with Crippen molar-refractivity contribution in [3.05, 3.63) is 86.7 Å². The molecule has 1 unspecified atom stereocenters. The molecule has 5 rings (SSSR count). The SMILES string of the molecule is CC.CCCOCCOCCOCCOCCOCCOc1cccc(/C(C)=N/NC(=O)COc2ccc3nc4c(c(CC)c3c2)Cn2c-4cc(C(C)CC)c(COC=O)c2=O)c1. The minimum Gasteiger partial charge on any atom is -0.491 e. The van der Waals surface area contributed by atoms with Crippen molar-refractivity contribution in [1.29, 1.82) is 0 Å². The number of rotatable bonds is 29. The highest BCUT2D eigenvalue weighted by Gasteiger charge is 2.29. The van der Waals surface area contributed by atoms with Gasteiger partial charge in [0, 0.05) is 23.1 Å². The Bertz CT molecular complexity index is 2140. The van der Waals surface area contributed by atoms with E-state index in [0.717, 1.165) is 64.0 Å². The van der Waals surface area contributed by atoms with Crippen molar-refractivity contribution in [2.45, 2.75) is 86.8 Å². The second-order valence-electron chi connectivity index (χ2n) is 14.5. The van der Waals surface area contributed by atoms with Gasteiger partial charge in [0.2, 0.25) is 0 Å². The highest BCUT2D eigenvalue weighted by molar-refractivity contribution is 5.99. The summed E-state index contributed by atoms with van der Waals surface area (Å²) >= 11 is 0. The maximum Gasteiger partial charge on any atom is 0.293 e. The Hall–Kier alpha value is -5.19. The molecule has 15 heteroatoms. The number of hydrogen-bond acceptors (Lipinski definition) is 13. The van der Waals surface area contributed by atoms with Crippen molar-refractivity contribution < 1.29 is 47.5 Å². The van der Waals surface area contributed by atoms with Gasteiger partial charge < -0.3 is 42.5 Å². The number of carbonyl (C=O) groups is 2. The summed E-state index contributed by atoms with van der Waals surface area (Å²) in [6.07, 6.45) is 2.53. The van der Waals surface area contributed by atoms with E-state index in [0.29, 0.717) is 108 Å². The summed E-state index contributed by atoms with van der Waals surface area (Å²) in [5.74, 6) is 0.840. The van der Waals surface area contributed by atoms with Crippen molar-refractivity contribution in [2.24, 2.45) is 5.10 Å². The third-order valence-electron chi connectivity index (χ3n) is 10.3. The third-order valence-corrected chi connectivity index (χ3v) is 10.3. The van der Waals surface area contributed by atoms with Crippen LogP contribution in [-0.2, 0) is 57.6 Å². The highest BCUT2D eigenvalue weighted by atomic mass is 16.6. The Labute approximate surface area is 371 Å². The lowest BCUT2D eigenvalue weighted by atomic mass is 9.93. The Balaban J connectivity index is 0.00000429. The molecule has 2 aromatic heterocycles. The molecule has 1 atom stereocenters. The monoisotopic (exact) mass is 874 g/mol. The van der Waals surface area contributed by atoms with E-state index in [1.54, 1.807) is 17.6 Å². The van der Waals surface area contributed by atoms with Gasteiger partial charge in [0.05, 0.1) is 94.2 Å². The zero-order valence-electron chi connectivity index (χ0n) is 38.1. The predicted octanol–water partition coefficient (Wildman–Crippen LogP) is 6.99. The van der Waals surface area contributed by atoms with Gasteiger partial charge in [-0.2, -0.15) is 5.10 Å². The topological polar surface area (TPSA) is 167 Å². The lowest BCUT2D eigenvalue weighted by Gasteiger charge is -2.17. The zero-order chi connectivity index (χ0) is 45.4. The largest absolute Gasteiger partial charge is 0.491 e. The van der Waals surface area contributed by atoms with E-state index in [4.69, 9.17) is 42.9 Å². The molecule has 1 amide bonds. The smallest absolute Gasteiger partial charge is 0.293 e. The number of nitrogens with zero attached hydrogens (tertiary/aromatic N) is 3. The van der Waals surface area contributed by atoms with E-state index in [1.807, 2.05) is 56.3 Å². The summed E-state index contributed by atoms with van der Waals surface area (Å²) < 4.78 is 46.0. The molecule has 0 saturated carbocycles. The van der Waals surface area contributed by atoms with E-state index >= 15 is 0 Å². The van der Waals surface area contributed by atoms with Gasteiger partial charge in [-0.05, 0) is 79.6 Å². The number of hydrazone groups is 1. The minimum atomic E-state index is -0.418. The van der Waals surface area contributed by atoms with Gasteiger partial charge in [-0.25, -0.2) is 10.4 Å². The lowest BCUT2D eigenvalue weighted by Crippen LogP contribution is -2.26. The van der Waals surface area contributed by atoms with E-state index < -0.39 is 5.91 Å². The first kappa shape index (κ1) is 50.5. The second kappa shape index (κ2) is 27.8. The van der Waals surface area contributed by atoms with Crippen LogP contribution in [0.15, 0.2) is 58.4 Å². The maximum absolute atomic E-state index is 13.8. The Morgan fingerprint density at radius 3 is 2.08 bits per heavy atom. The molecule has 0 radical (unpaired) electrons. The number of ether oxygens (including phenoxy) is 8. The molecule has 0 fully saturated rings. The first-order valence-electron chi connectivity index (χ1n) is 22.1. The minimum absolute atomic E-state index is 0.0726. The maximum atomic E-state index is 13.8. The first-order chi connectivity index (χ1) is 30.8. The summed E-state index contributed by atoms with van der Waals surface area (Å²) in [6, 6.07) is 15.0. The average Bonchev–Trinajstić information content (AvgIpc) is 3.68. The molecule has 1 aliphatic rings. The number of amides is 1. The fourth-order valence-corrected chi connectivity index (χ4v) is 6.91. The quantitative estimate of drug-likeness (QED) is 0.0227. The molecule has 0 aliphatic carbocycles. The van der Waals surface area contributed by atoms with Crippen LogP contribution in [0.5, 0.6) is 11.5 Å². The summed E-state index contributed by atoms with van der Waals surface area (Å²) in [4.78, 5) is 42.6. The van der Waals surface area contributed by atoms with Gasteiger partial charge in [-0.3, -0.25) is 14.4 Å². The number of carbonyl (C=O) groups excluding carboxylic acids is 2. The van der Waals surface area contributed by atoms with Crippen LogP contribution in [0.1, 0.15) is 95.0 Å². The van der Waals surface area contributed by atoms with Crippen LogP contribution in [0.2, 0.25) is 0 Å². The Kier molecular flexibility index (Phi) is 22.2. The van der Waals surface area contributed by atoms with Gasteiger partial charge in [-0.1, -0.05) is 53.7 Å². The van der Waals surface area contributed by atoms with Gasteiger partial charge in [-0.15, -0.1) is 0 Å². The van der Waals surface area contributed by atoms with Crippen LogP contribution in [0.25, 0.3) is 22.3 Å². The van der Waals surface area contributed by atoms with Crippen LogP contribution >= 0.6 is 0 Å². The molecule has 344 valence electrons. The molecule has 63 heavy (non-hydrogen) atoms. The van der Waals surface area contributed by atoms with Gasteiger partial charge >= 0.3 is 0 Å². The molecule has 4 aromatic rings. The molecule has 3 heterocycles. The fraction of sp³-hybridized carbons (Fsp3) is 0.521. The average molecular weight is 875 g/mol. The van der Waals surface area contributed by atoms with Crippen molar-refractivity contribution in [1.82, 2.24) is 15.0 Å². The number of aromatic nitrogens is 2. The molecular formula is C48H66N4O11. The third kappa shape index (κ3) is 15.0. The van der Waals surface area contributed by atoms with E-state index in [2.05, 4.69) is 38.2 Å². The number of hydrogen-bond donors (Lipinski definition) is 1. The van der Waals surface area contributed by atoms with Gasteiger partial charge in [0.15, 0.2) is 6.61 Å². The van der Waals surface area contributed by atoms with Crippen molar-refractivity contribution in [3.8, 4) is 22.9 Å². The molecule has 2 aromatic carbocycles. The fourth-order valence-electron chi connectivity index (χ4n) is 6.91. The normalized spacial score (nSPS) is 12.3. The molecule has 0 bridgehead atoms. The summed E-state index contributed by atoms with van der Waals surface area (Å²) in [6.45, 7) is 20.1. The molecule has 15 nitrogen and oxygen atoms in total. The molecule has 1 aliphatic heterocycles. The summed E-state index contributed by atoms with van der Waals surface area (Å²) in [7, 11) is 0. The van der Waals surface area contributed by atoms with Crippen molar-refractivity contribution in [2.75, 3.05) is 79.3 Å². The van der Waals surface area contributed by atoms with Crippen LogP contribution in [-0.4, -0.2) is 107 Å². The van der Waals surface area contributed by atoms with Crippen LogP contribution in [0, 0.1) is 0 Å². The summed E-state index contributed by atoms with van der Waals surface area (Å²) in [5, 5.41) is 5.17. The summed E-state index contributed by atoms with van der Waals surface area (Å²) in [5.41, 5.74) is 9.47. The number of aryl methyl sites for hydroxylation is 1. The number of fused-ring (bicyclic) bond motifs is 4. The Morgan fingerprint density at radius 1 is 0.825 bits per heavy atom. The number of pyridine rings is 2. The molecular weight excluding hydrogens is 809 g/mol. The van der Waals surface area contributed by atoms with E-state index in [-0.39, 0.29) is 24.7 Å². The number of nitrogens with one attached hydrogen (secondary N) is 1.